The lowest BCUT2D eigenvalue weighted by Gasteiger charge is -2.26. The maximum Gasteiger partial charge on any atom is 0.241 e. The number of nitrogens with one attached hydrogen (secondary N) is 1. The number of benzene rings is 2. The Kier molecular flexibility index (Phi) is 13.3. The van der Waals surface area contributed by atoms with Gasteiger partial charge >= 0.3 is 0 Å². The second kappa shape index (κ2) is 17.1. The maximum absolute atomic E-state index is 3.29. The van der Waals surface area contributed by atoms with E-state index in [4.69, 9.17) is 0 Å². The molecule has 3 aromatic rings. The van der Waals surface area contributed by atoms with Crippen molar-refractivity contribution in [2.75, 3.05) is 0 Å². The summed E-state index contributed by atoms with van der Waals surface area (Å²) in [4.78, 5) is 3.29. The maximum atomic E-state index is 3.29. The molecule has 2 unspecified atom stereocenters. The average Bonchev–Trinajstić information content (AvgIpc) is 3.44. The monoisotopic (exact) mass is 473 g/mol. The Hall–Kier alpha value is -2.35. The van der Waals surface area contributed by atoms with Crippen LogP contribution in [0.1, 0.15) is 120 Å². The third-order valence-electron chi connectivity index (χ3n) is 7.54. The van der Waals surface area contributed by atoms with E-state index in [0.717, 1.165) is 6.42 Å². The summed E-state index contributed by atoms with van der Waals surface area (Å²) in [5.74, 6) is 0.469. The van der Waals surface area contributed by atoms with Crippen molar-refractivity contribution in [3.05, 3.63) is 90.5 Å². The largest absolute Gasteiger partial charge is 0.250 e. The number of aromatic amines is 1. The number of imidazole rings is 1. The SMILES string of the molecule is CCCCCCCCCCCCCCCC(C(Cc1ccccc1)c1ccccc1)[n+]1cc[nH]c1. The number of unbranched alkanes of at least 4 members (excludes halogenated alkanes) is 12. The summed E-state index contributed by atoms with van der Waals surface area (Å²) in [6.07, 6.45) is 27.0. The van der Waals surface area contributed by atoms with Crippen LogP contribution in [0, 0.1) is 0 Å². The number of nitrogens with zero attached hydrogens (tertiary/aromatic N) is 1. The van der Waals surface area contributed by atoms with Gasteiger partial charge in [-0.25, -0.2) is 4.57 Å². The predicted octanol–water partition coefficient (Wildman–Crippen LogP) is 9.35. The van der Waals surface area contributed by atoms with Crippen molar-refractivity contribution < 1.29 is 4.57 Å². The summed E-state index contributed by atoms with van der Waals surface area (Å²) in [6.45, 7) is 2.30. The van der Waals surface area contributed by atoms with Crippen LogP contribution in [0.5, 0.6) is 0 Å². The Balaban J connectivity index is 1.45. The molecule has 2 heteroatoms. The van der Waals surface area contributed by atoms with Gasteiger partial charge in [-0.05, 0) is 30.4 Å². The van der Waals surface area contributed by atoms with Crippen LogP contribution in [0.2, 0.25) is 0 Å². The molecule has 0 radical (unpaired) electrons. The number of hydrogen-bond donors (Lipinski definition) is 1. The summed E-state index contributed by atoms with van der Waals surface area (Å²) in [5, 5.41) is 0. The van der Waals surface area contributed by atoms with E-state index in [2.05, 4.69) is 95.9 Å². The first-order valence-electron chi connectivity index (χ1n) is 14.5. The molecule has 2 atom stereocenters. The standard InChI is InChI=1S/C33H48N2/c1-2-3-4-5-6-7-8-9-10-11-12-13-20-25-33(35-27-26-34-29-35)32(31-23-18-15-19-24-31)28-30-21-16-14-17-22-30/h14-19,21-24,26-27,29,32-33H,2-13,20,25,28H2,1H3/p+1. The van der Waals surface area contributed by atoms with Crippen LogP contribution in [-0.4, -0.2) is 4.98 Å². The Morgan fingerprint density at radius 3 is 1.74 bits per heavy atom. The van der Waals surface area contributed by atoms with Gasteiger partial charge in [-0.3, -0.25) is 4.98 Å². The smallest absolute Gasteiger partial charge is 0.241 e. The normalized spacial score (nSPS) is 13.1. The number of hydrogen-bond acceptors (Lipinski definition) is 0. The zero-order valence-electron chi connectivity index (χ0n) is 22.2. The molecule has 1 heterocycles. The van der Waals surface area contributed by atoms with Crippen molar-refractivity contribution >= 4 is 0 Å². The number of aromatic nitrogens is 2. The van der Waals surface area contributed by atoms with Crippen LogP contribution in [0.3, 0.4) is 0 Å². The van der Waals surface area contributed by atoms with Gasteiger partial charge in [-0.15, -0.1) is 0 Å². The van der Waals surface area contributed by atoms with Crippen molar-refractivity contribution in [3.8, 4) is 0 Å². The highest BCUT2D eigenvalue weighted by molar-refractivity contribution is 5.25. The van der Waals surface area contributed by atoms with Gasteiger partial charge in [0.05, 0.1) is 0 Å². The molecular formula is C33H49N2+. The topological polar surface area (TPSA) is 19.7 Å². The first-order valence-corrected chi connectivity index (χ1v) is 14.5. The second-order valence-corrected chi connectivity index (χ2v) is 10.4. The van der Waals surface area contributed by atoms with Crippen molar-refractivity contribution in [2.45, 2.75) is 115 Å². The van der Waals surface area contributed by atoms with E-state index in [1.54, 1.807) is 0 Å². The van der Waals surface area contributed by atoms with Crippen molar-refractivity contribution in [1.82, 2.24) is 4.98 Å². The molecule has 1 N–H and O–H groups in total. The van der Waals surface area contributed by atoms with Crippen molar-refractivity contribution in [1.29, 1.82) is 0 Å². The van der Waals surface area contributed by atoms with Gasteiger partial charge in [0.1, 0.15) is 18.4 Å². The van der Waals surface area contributed by atoms with Crippen molar-refractivity contribution in [2.24, 2.45) is 0 Å². The van der Waals surface area contributed by atoms with E-state index in [9.17, 15) is 0 Å². The van der Waals surface area contributed by atoms with Gasteiger partial charge in [0, 0.05) is 5.92 Å². The van der Waals surface area contributed by atoms with Crippen LogP contribution in [0.4, 0.5) is 0 Å². The number of rotatable bonds is 19. The molecule has 0 saturated heterocycles. The van der Waals surface area contributed by atoms with Crippen molar-refractivity contribution in [3.63, 3.8) is 0 Å². The molecule has 0 amide bonds. The molecule has 0 aliphatic heterocycles. The third-order valence-corrected chi connectivity index (χ3v) is 7.54. The summed E-state index contributed by atoms with van der Waals surface area (Å²) < 4.78 is 2.42. The number of H-pyrrole nitrogens is 1. The highest BCUT2D eigenvalue weighted by Gasteiger charge is 2.28. The Morgan fingerprint density at radius 2 is 1.20 bits per heavy atom. The Labute approximate surface area is 215 Å². The van der Waals surface area contributed by atoms with Gasteiger partial charge in [0.2, 0.25) is 6.33 Å². The van der Waals surface area contributed by atoms with Crippen LogP contribution >= 0.6 is 0 Å². The van der Waals surface area contributed by atoms with Crippen LogP contribution in [-0.2, 0) is 6.42 Å². The molecular weight excluding hydrogens is 424 g/mol. The molecule has 0 saturated carbocycles. The van der Waals surface area contributed by atoms with Gasteiger partial charge in [-0.2, -0.15) is 0 Å². The Morgan fingerprint density at radius 1 is 0.657 bits per heavy atom. The summed E-state index contributed by atoms with van der Waals surface area (Å²) in [5.41, 5.74) is 2.87. The first kappa shape index (κ1) is 27.2. The van der Waals surface area contributed by atoms with Gasteiger partial charge < -0.3 is 0 Å². The molecule has 190 valence electrons. The van der Waals surface area contributed by atoms with E-state index in [0.29, 0.717) is 12.0 Å². The second-order valence-electron chi connectivity index (χ2n) is 10.4. The van der Waals surface area contributed by atoms with Crippen LogP contribution < -0.4 is 4.57 Å². The average molecular weight is 474 g/mol. The molecule has 0 bridgehead atoms. The van der Waals surface area contributed by atoms with Gasteiger partial charge in [-0.1, -0.05) is 145 Å². The predicted molar refractivity (Wildman–Crippen MR) is 150 cm³/mol. The molecule has 0 aliphatic carbocycles. The highest BCUT2D eigenvalue weighted by Crippen LogP contribution is 2.32. The quantitative estimate of drug-likeness (QED) is 0.132. The van der Waals surface area contributed by atoms with Gasteiger partial charge in [0.15, 0.2) is 0 Å². The molecule has 2 nitrogen and oxygen atoms in total. The van der Waals surface area contributed by atoms with Crippen LogP contribution in [0.15, 0.2) is 79.4 Å². The lowest BCUT2D eigenvalue weighted by molar-refractivity contribution is -0.725. The van der Waals surface area contributed by atoms with Gasteiger partial charge in [0.25, 0.3) is 0 Å². The fraction of sp³-hybridized carbons (Fsp3) is 0.545. The van der Waals surface area contributed by atoms with E-state index in [1.807, 2.05) is 0 Å². The molecule has 35 heavy (non-hydrogen) atoms. The zero-order valence-corrected chi connectivity index (χ0v) is 22.2. The minimum atomic E-state index is 0.469. The summed E-state index contributed by atoms with van der Waals surface area (Å²) in [6, 6.07) is 22.6. The highest BCUT2D eigenvalue weighted by atomic mass is 15.1. The van der Waals surface area contributed by atoms with E-state index < -0.39 is 0 Å². The van der Waals surface area contributed by atoms with E-state index >= 15 is 0 Å². The summed E-state index contributed by atoms with van der Waals surface area (Å²) in [7, 11) is 0. The first-order chi connectivity index (χ1) is 17.4. The van der Waals surface area contributed by atoms with E-state index in [-0.39, 0.29) is 0 Å². The molecule has 0 spiro atoms. The minimum absolute atomic E-state index is 0.469. The van der Waals surface area contributed by atoms with E-state index in [1.165, 1.54) is 101 Å². The molecule has 3 rings (SSSR count). The fourth-order valence-electron chi connectivity index (χ4n) is 5.48. The lowest BCUT2D eigenvalue weighted by atomic mass is 9.83. The molecule has 2 aromatic carbocycles. The molecule has 0 fully saturated rings. The lowest BCUT2D eigenvalue weighted by Crippen LogP contribution is -2.41. The molecule has 0 aliphatic rings. The third kappa shape index (κ3) is 10.4. The zero-order chi connectivity index (χ0) is 24.4. The summed E-state index contributed by atoms with van der Waals surface area (Å²) >= 11 is 0. The fourth-order valence-corrected chi connectivity index (χ4v) is 5.48. The minimum Gasteiger partial charge on any atom is -0.250 e. The molecule has 1 aromatic heterocycles. The Bertz CT molecular complexity index is 857. The van der Waals surface area contributed by atoms with Crippen LogP contribution in [0.25, 0.3) is 0 Å².